The Labute approximate surface area is 277 Å². The Kier molecular flexibility index (Phi) is 10.3. The minimum atomic E-state index is -1.02. The number of aliphatic hydroxyl groups is 2. The monoisotopic (exact) mass is 676 g/mol. The van der Waals surface area contributed by atoms with Gasteiger partial charge >= 0.3 is 5.69 Å². The smallest absolute Gasteiger partial charge is 0.330 e. The summed E-state index contributed by atoms with van der Waals surface area (Å²) >= 11 is 0. The molecule has 10 atom stereocenters. The van der Waals surface area contributed by atoms with Crippen LogP contribution in [-0.4, -0.2) is 107 Å². The number of aliphatic hydroxyl groups excluding tert-OH is 2. The van der Waals surface area contributed by atoms with Crippen LogP contribution in [0.4, 0.5) is 0 Å². The third-order valence-electron chi connectivity index (χ3n) is 8.68. The van der Waals surface area contributed by atoms with E-state index >= 15 is 0 Å². The van der Waals surface area contributed by atoms with Crippen LogP contribution in [0.15, 0.2) is 58.3 Å². The number of methoxy groups -OCH3 is 1. The second-order valence-corrected chi connectivity index (χ2v) is 13.1. The first-order valence-corrected chi connectivity index (χ1v) is 16.0. The predicted molar refractivity (Wildman–Crippen MR) is 166 cm³/mol. The molecule has 0 radical (unpaired) electrons. The number of benzene rings is 1. The maximum absolute atomic E-state index is 12.5. The summed E-state index contributed by atoms with van der Waals surface area (Å²) in [5.74, 6) is -1.14. The molecule has 0 unspecified atom stereocenters. The van der Waals surface area contributed by atoms with E-state index in [-0.39, 0.29) is 26.2 Å². The lowest BCUT2D eigenvalue weighted by Crippen LogP contribution is -2.58. The summed E-state index contributed by atoms with van der Waals surface area (Å²) in [5, 5.41) is 21.2. The fourth-order valence-electron chi connectivity index (χ4n) is 6.57. The second-order valence-electron chi connectivity index (χ2n) is 13.1. The summed E-state index contributed by atoms with van der Waals surface area (Å²) in [6, 6.07) is 8.71. The molecule has 4 aliphatic heterocycles. The van der Waals surface area contributed by atoms with Crippen LogP contribution in [0.5, 0.6) is 5.75 Å². The molecule has 6 rings (SSSR count). The van der Waals surface area contributed by atoms with E-state index in [1.54, 1.807) is 47.0 Å². The molecule has 0 spiro atoms. The van der Waals surface area contributed by atoms with Crippen molar-refractivity contribution >= 4 is 0 Å². The number of nitrogens with one attached hydrogen (secondary N) is 1. The van der Waals surface area contributed by atoms with E-state index in [1.807, 2.05) is 24.3 Å². The Hall–Kier alpha value is -2.96. The molecular formula is C33H44N2O13. The van der Waals surface area contributed by atoms with Gasteiger partial charge in [0.15, 0.2) is 24.1 Å². The molecule has 0 saturated carbocycles. The van der Waals surface area contributed by atoms with Gasteiger partial charge in [-0.1, -0.05) is 24.3 Å². The van der Waals surface area contributed by atoms with Gasteiger partial charge in [-0.3, -0.25) is 14.3 Å². The summed E-state index contributed by atoms with van der Waals surface area (Å²) in [6.45, 7) is 7.12. The van der Waals surface area contributed by atoms with Gasteiger partial charge < -0.3 is 52.8 Å². The second kappa shape index (κ2) is 14.1. The largest absolute Gasteiger partial charge is 0.497 e. The van der Waals surface area contributed by atoms with Crippen LogP contribution in [0, 0.1) is 0 Å². The number of hydrogen-bond donors (Lipinski definition) is 3. The molecule has 4 fully saturated rings. The third-order valence-corrected chi connectivity index (χ3v) is 8.68. The van der Waals surface area contributed by atoms with Crippen LogP contribution in [0.2, 0.25) is 0 Å². The van der Waals surface area contributed by atoms with Gasteiger partial charge in [-0.2, -0.15) is 0 Å². The van der Waals surface area contributed by atoms with E-state index in [0.29, 0.717) is 0 Å². The molecule has 0 aliphatic carbocycles. The SMILES string of the molecule is COc1ccc(CO[C@H]2[C@@H](OC/C=C/C[C@@H](O)[C@H]3O[C@@H](n4ccc(=O)[nH]c4=O)[C@@H]4OC(C)(C)O[C@@H]43)O[C@H](CO)[C@@H]3OC(C)(C)O[C@@H]32)cc1. The Morgan fingerprint density at radius 3 is 2.29 bits per heavy atom. The number of ether oxygens (including phenoxy) is 9. The highest BCUT2D eigenvalue weighted by Crippen LogP contribution is 2.44. The summed E-state index contributed by atoms with van der Waals surface area (Å²) in [5.41, 5.74) is -0.283. The Bertz CT molecular complexity index is 1540. The van der Waals surface area contributed by atoms with Crippen molar-refractivity contribution in [2.24, 2.45) is 0 Å². The molecule has 1 aromatic heterocycles. The third kappa shape index (κ3) is 7.45. The van der Waals surface area contributed by atoms with Crippen molar-refractivity contribution in [3.05, 3.63) is 75.1 Å². The molecule has 4 saturated heterocycles. The first-order valence-electron chi connectivity index (χ1n) is 16.0. The van der Waals surface area contributed by atoms with Crippen molar-refractivity contribution in [2.45, 2.75) is 114 Å². The molecule has 264 valence electrons. The Morgan fingerprint density at radius 2 is 1.60 bits per heavy atom. The van der Waals surface area contributed by atoms with Gasteiger partial charge in [0.2, 0.25) is 0 Å². The number of aromatic nitrogens is 2. The van der Waals surface area contributed by atoms with E-state index in [9.17, 15) is 19.8 Å². The van der Waals surface area contributed by atoms with Crippen LogP contribution in [-0.2, 0) is 44.5 Å². The minimum absolute atomic E-state index is 0.0964. The van der Waals surface area contributed by atoms with Gasteiger partial charge in [0.1, 0.15) is 48.5 Å². The van der Waals surface area contributed by atoms with Crippen LogP contribution < -0.4 is 16.0 Å². The Morgan fingerprint density at radius 1 is 0.917 bits per heavy atom. The van der Waals surface area contributed by atoms with Crippen molar-refractivity contribution in [1.29, 1.82) is 0 Å². The summed E-state index contributed by atoms with van der Waals surface area (Å²) < 4.78 is 55.4. The van der Waals surface area contributed by atoms with Crippen LogP contribution in [0.3, 0.4) is 0 Å². The lowest BCUT2D eigenvalue weighted by atomic mass is 9.99. The number of fused-ring (bicyclic) bond motifs is 2. The minimum Gasteiger partial charge on any atom is -0.497 e. The zero-order valence-electron chi connectivity index (χ0n) is 27.6. The van der Waals surface area contributed by atoms with Gasteiger partial charge in [-0.05, 0) is 51.8 Å². The van der Waals surface area contributed by atoms with Gasteiger partial charge in [0, 0.05) is 12.3 Å². The zero-order chi connectivity index (χ0) is 34.2. The average molecular weight is 677 g/mol. The van der Waals surface area contributed by atoms with Crippen molar-refractivity contribution < 1.29 is 52.8 Å². The number of nitrogens with zero attached hydrogens (tertiary/aromatic N) is 1. The molecular weight excluding hydrogens is 632 g/mol. The van der Waals surface area contributed by atoms with Crippen LogP contribution in [0.25, 0.3) is 0 Å². The van der Waals surface area contributed by atoms with Crippen LogP contribution >= 0.6 is 0 Å². The number of H-pyrrole nitrogens is 1. The lowest BCUT2D eigenvalue weighted by molar-refractivity contribution is -0.291. The molecule has 0 amide bonds. The van der Waals surface area contributed by atoms with E-state index in [0.717, 1.165) is 11.3 Å². The lowest BCUT2D eigenvalue weighted by Gasteiger charge is -2.41. The number of hydrogen-bond acceptors (Lipinski definition) is 13. The molecule has 4 aliphatic rings. The van der Waals surface area contributed by atoms with Crippen LogP contribution in [0.1, 0.15) is 45.9 Å². The quantitative estimate of drug-likeness (QED) is 0.273. The fraction of sp³-hybridized carbons (Fsp3) is 0.636. The average Bonchev–Trinajstić information content (AvgIpc) is 3.66. The van der Waals surface area contributed by atoms with E-state index in [2.05, 4.69) is 4.98 Å². The highest BCUT2D eigenvalue weighted by molar-refractivity contribution is 5.26. The van der Waals surface area contributed by atoms with Crippen molar-refractivity contribution in [1.82, 2.24) is 9.55 Å². The van der Waals surface area contributed by atoms with E-state index < -0.39 is 84.2 Å². The van der Waals surface area contributed by atoms with E-state index in [4.69, 9.17) is 42.6 Å². The van der Waals surface area contributed by atoms with Gasteiger partial charge in [-0.15, -0.1) is 0 Å². The predicted octanol–water partition coefficient (Wildman–Crippen LogP) is 1.11. The summed E-state index contributed by atoms with van der Waals surface area (Å²) in [4.78, 5) is 26.3. The summed E-state index contributed by atoms with van der Waals surface area (Å²) in [7, 11) is 1.60. The molecule has 15 heteroatoms. The standard InChI is InChI=1S/C33H44N2O13/c1-32(2)45-24-21(16-36)43-30(28(26(24)47-32)42-17-18-9-11-19(40-5)12-10-18)41-15-7-6-8-20(37)23-25-27(48-33(3,4)46-25)29(44-23)35-14-13-22(38)34-31(35)39/h6-7,9-14,20-21,23-30,36-37H,8,15-17H2,1-5H3,(H,34,38,39)/b7-6+/t20-,21-,23-,24+,25-,26+,27-,28-,29-,30+/m1/s1. The molecule has 2 aromatic rings. The molecule has 15 nitrogen and oxygen atoms in total. The molecule has 1 aromatic carbocycles. The van der Waals surface area contributed by atoms with Gasteiger partial charge in [0.05, 0.1) is 33.0 Å². The topological polar surface area (TPSA) is 178 Å². The van der Waals surface area contributed by atoms with E-state index in [1.165, 1.54) is 16.8 Å². The molecule has 48 heavy (non-hydrogen) atoms. The first kappa shape index (κ1) is 34.9. The molecule has 0 bridgehead atoms. The Balaban J connectivity index is 1.09. The zero-order valence-corrected chi connectivity index (χ0v) is 27.6. The number of aromatic amines is 1. The summed E-state index contributed by atoms with van der Waals surface area (Å²) in [6.07, 6.45) is -2.53. The normalized spacial score (nSPS) is 34.3. The van der Waals surface area contributed by atoms with Crippen molar-refractivity contribution in [3.63, 3.8) is 0 Å². The maximum atomic E-state index is 12.5. The highest BCUT2D eigenvalue weighted by atomic mass is 16.8. The fourth-order valence-corrected chi connectivity index (χ4v) is 6.57. The van der Waals surface area contributed by atoms with Crippen molar-refractivity contribution in [3.8, 4) is 5.75 Å². The number of rotatable bonds is 12. The van der Waals surface area contributed by atoms with Crippen molar-refractivity contribution in [2.75, 3.05) is 20.3 Å². The van der Waals surface area contributed by atoms with Gasteiger partial charge in [-0.25, -0.2) is 4.79 Å². The van der Waals surface area contributed by atoms with Gasteiger partial charge in [0.25, 0.3) is 5.56 Å². The highest BCUT2D eigenvalue weighted by Gasteiger charge is 2.58. The molecule has 3 N–H and O–H groups in total. The maximum Gasteiger partial charge on any atom is 0.330 e. The molecule has 5 heterocycles. The first-order chi connectivity index (χ1) is 22.9.